The molecule has 1 aliphatic carbocycles. The van der Waals surface area contributed by atoms with Crippen LogP contribution in [0.25, 0.3) is 0 Å². The third-order valence-electron chi connectivity index (χ3n) is 4.34. The molecule has 21 heavy (non-hydrogen) atoms. The van der Waals surface area contributed by atoms with Crippen LogP contribution in [0.5, 0.6) is 5.75 Å². The normalized spacial score (nSPS) is 25.8. The first-order valence-corrected chi connectivity index (χ1v) is 8.38. The molecule has 0 aromatic heterocycles. The van der Waals surface area contributed by atoms with Crippen LogP contribution in [0.3, 0.4) is 0 Å². The number of nitrogens with one attached hydrogen (secondary N) is 1. The van der Waals surface area contributed by atoms with Gasteiger partial charge in [0, 0.05) is 12.1 Å². The lowest BCUT2D eigenvalue weighted by molar-refractivity contribution is 0.0830. The van der Waals surface area contributed by atoms with Gasteiger partial charge in [0.15, 0.2) is 0 Å². The van der Waals surface area contributed by atoms with Crippen LogP contribution in [0.4, 0.5) is 4.39 Å². The summed E-state index contributed by atoms with van der Waals surface area (Å²) in [6.45, 7) is 5.44. The summed E-state index contributed by atoms with van der Waals surface area (Å²) in [5.41, 5.74) is 0. The molecule has 0 spiro atoms. The second-order valence-corrected chi connectivity index (χ2v) is 6.14. The molecule has 0 heterocycles. The van der Waals surface area contributed by atoms with E-state index in [2.05, 4.69) is 19.2 Å². The molecule has 3 unspecified atom stereocenters. The third-order valence-corrected chi connectivity index (χ3v) is 4.34. The van der Waals surface area contributed by atoms with E-state index in [-0.39, 0.29) is 11.9 Å². The van der Waals surface area contributed by atoms with Crippen LogP contribution in [0, 0.1) is 11.7 Å². The van der Waals surface area contributed by atoms with Gasteiger partial charge in [-0.2, -0.15) is 0 Å². The van der Waals surface area contributed by atoms with Crippen LogP contribution in [-0.4, -0.2) is 18.7 Å². The van der Waals surface area contributed by atoms with Crippen molar-refractivity contribution in [2.45, 2.75) is 64.5 Å². The summed E-state index contributed by atoms with van der Waals surface area (Å²) in [4.78, 5) is 0. The average Bonchev–Trinajstić information content (AvgIpc) is 2.47. The Hall–Kier alpha value is -1.09. The summed E-state index contributed by atoms with van der Waals surface area (Å²) in [6, 6.07) is 6.90. The first-order chi connectivity index (χ1) is 10.2. The summed E-state index contributed by atoms with van der Waals surface area (Å²) in [5, 5.41) is 3.60. The molecule has 1 aromatic rings. The molecule has 1 saturated carbocycles. The lowest BCUT2D eigenvalue weighted by Gasteiger charge is -2.37. The van der Waals surface area contributed by atoms with E-state index in [1.807, 2.05) is 6.07 Å². The Morgan fingerprint density at radius 2 is 2.10 bits per heavy atom. The van der Waals surface area contributed by atoms with Crippen molar-refractivity contribution in [3.63, 3.8) is 0 Å². The quantitative estimate of drug-likeness (QED) is 0.797. The molecule has 3 atom stereocenters. The van der Waals surface area contributed by atoms with Gasteiger partial charge in [0.25, 0.3) is 0 Å². The zero-order valence-corrected chi connectivity index (χ0v) is 13.3. The van der Waals surface area contributed by atoms with E-state index in [1.165, 1.54) is 31.4 Å². The minimum atomic E-state index is -0.230. The highest BCUT2D eigenvalue weighted by molar-refractivity contribution is 5.23. The molecule has 1 aliphatic rings. The van der Waals surface area contributed by atoms with E-state index in [1.54, 1.807) is 6.07 Å². The second-order valence-electron chi connectivity index (χ2n) is 6.14. The van der Waals surface area contributed by atoms with E-state index in [9.17, 15) is 4.39 Å². The maximum absolute atomic E-state index is 13.3. The number of ether oxygens (including phenoxy) is 1. The lowest BCUT2D eigenvalue weighted by atomic mass is 9.81. The van der Waals surface area contributed by atoms with Crippen molar-refractivity contribution < 1.29 is 9.13 Å². The fourth-order valence-corrected chi connectivity index (χ4v) is 3.29. The number of halogens is 1. The van der Waals surface area contributed by atoms with Crippen molar-refractivity contribution in [3.05, 3.63) is 30.1 Å². The first kappa shape index (κ1) is 16.3. The Morgan fingerprint density at radius 1 is 1.24 bits per heavy atom. The Morgan fingerprint density at radius 3 is 2.81 bits per heavy atom. The van der Waals surface area contributed by atoms with Gasteiger partial charge >= 0.3 is 0 Å². The Bertz CT molecular complexity index is 423. The van der Waals surface area contributed by atoms with Crippen molar-refractivity contribution in [2.75, 3.05) is 6.54 Å². The molecule has 1 aromatic carbocycles. The molecule has 118 valence electrons. The first-order valence-electron chi connectivity index (χ1n) is 8.38. The van der Waals surface area contributed by atoms with Crippen molar-refractivity contribution >= 4 is 0 Å². The van der Waals surface area contributed by atoms with E-state index in [4.69, 9.17) is 4.74 Å². The topological polar surface area (TPSA) is 21.3 Å². The van der Waals surface area contributed by atoms with E-state index >= 15 is 0 Å². The van der Waals surface area contributed by atoms with Crippen molar-refractivity contribution in [1.29, 1.82) is 0 Å². The molecular formula is C18H28FNO. The lowest BCUT2D eigenvalue weighted by Crippen LogP contribution is -2.47. The SMILES string of the molecule is CCCNC1CCC(CCC)CC1Oc1cccc(F)c1. The molecule has 1 N–H and O–H groups in total. The van der Waals surface area contributed by atoms with Gasteiger partial charge in [0.2, 0.25) is 0 Å². The molecule has 2 rings (SSSR count). The summed E-state index contributed by atoms with van der Waals surface area (Å²) in [5.74, 6) is 1.17. The van der Waals surface area contributed by atoms with E-state index in [0.717, 1.165) is 31.7 Å². The predicted molar refractivity (Wildman–Crippen MR) is 85.1 cm³/mol. The summed E-state index contributed by atoms with van der Waals surface area (Å²) in [7, 11) is 0. The van der Waals surface area contributed by atoms with Crippen LogP contribution in [0.15, 0.2) is 24.3 Å². The van der Waals surface area contributed by atoms with Crippen LogP contribution in [0.2, 0.25) is 0 Å². The number of hydrogen-bond acceptors (Lipinski definition) is 2. The van der Waals surface area contributed by atoms with Crippen molar-refractivity contribution in [3.8, 4) is 5.75 Å². The molecule has 0 radical (unpaired) electrons. The highest BCUT2D eigenvalue weighted by Gasteiger charge is 2.31. The minimum absolute atomic E-state index is 0.156. The third kappa shape index (κ3) is 4.99. The monoisotopic (exact) mass is 293 g/mol. The second kappa shape index (κ2) is 8.38. The van der Waals surface area contributed by atoms with Gasteiger partial charge in [-0.25, -0.2) is 4.39 Å². The highest BCUT2D eigenvalue weighted by atomic mass is 19.1. The maximum Gasteiger partial charge on any atom is 0.126 e. The largest absolute Gasteiger partial charge is 0.489 e. The number of benzene rings is 1. The van der Waals surface area contributed by atoms with Gasteiger partial charge in [-0.05, 0) is 50.3 Å². The molecule has 1 fully saturated rings. The molecule has 0 saturated heterocycles. The van der Waals surface area contributed by atoms with Crippen LogP contribution in [0.1, 0.15) is 52.4 Å². The number of hydrogen-bond donors (Lipinski definition) is 1. The zero-order chi connectivity index (χ0) is 15.1. The molecule has 0 bridgehead atoms. The van der Waals surface area contributed by atoms with Gasteiger partial charge in [-0.3, -0.25) is 0 Å². The summed E-state index contributed by atoms with van der Waals surface area (Å²) in [6.07, 6.45) is 7.29. The fourth-order valence-electron chi connectivity index (χ4n) is 3.29. The fraction of sp³-hybridized carbons (Fsp3) is 0.667. The summed E-state index contributed by atoms with van der Waals surface area (Å²) < 4.78 is 19.4. The van der Waals surface area contributed by atoms with Crippen LogP contribution < -0.4 is 10.1 Å². The smallest absolute Gasteiger partial charge is 0.126 e. The van der Waals surface area contributed by atoms with E-state index < -0.39 is 0 Å². The molecular weight excluding hydrogens is 265 g/mol. The molecule has 2 nitrogen and oxygen atoms in total. The van der Waals surface area contributed by atoms with Gasteiger partial charge in [-0.1, -0.05) is 32.8 Å². The van der Waals surface area contributed by atoms with Crippen LogP contribution in [-0.2, 0) is 0 Å². The van der Waals surface area contributed by atoms with Crippen LogP contribution >= 0.6 is 0 Å². The van der Waals surface area contributed by atoms with Crippen molar-refractivity contribution in [2.24, 2.45) is 5.92 Å². The zero-order valence-electron chi connectivity index (χ0n) is 13.3. The standard InChI is InChI=1S/C18H28FNO/c1-3-6-14-9-10-17(20-11-4-2)18(12-14)21-16-8-5-7-15(19)13-16/h5,7-8,13-14,17-18,20H,3-4,6,9-12H2,1-2H3. The Kier molecular flexibility index (Phi) is 6.50. The minimum Gasteiger partial charge on any atom is -0.489 e. The van der Waals surface area contributed by atoms with Gasteiger partial charge in [0.05, 0.1) is 0 Å². The molecule has 0 amide bonds. The molecule has 3 heteroatoms. The number of rotatable bonds is 7. The molecule has 0 aliphatic heterocycles. The summed E-state index contributed by atoms with van der Waals surface area (Å²) >= 11 is 0. The average molecular weight is 293 g/mol. The van der Waals surface area contributed by atoms with E-state index in [0.29, 0.717) is 11.8 Å². The van der Waals surface area contributed by atoms with Gasteiger partial charge < -0.3 is 10.1 Å². The highest BCUT2D eigenvalue weighted by Crippen LogP contribution is 2.31. The maximum atomic E-state index is 13.3. The predicted octanol–water partition coefficient (Wildman–Crippen LogP) is 4.54. The van der Waals surface area contributed by atoms with Gasteiger partial charge in [0.1, 0.15) is 17.7 Å². The Labute approximate surface area is 128 Å². The Balaban J connectivity index is 2.01. The van der Waals surface area contributed by atoms with Gasteiger partial charge in [-0.15, -0.1) is 0 Å². The van der Waals surface area contributed by atoms with Crippen molar-refractivity contribution in [1.82, 2.24) is 5.32 Å².